The number of nitrogens with zero attached hydrogens (tertiary/aromatic N) is 3. The summed E-state index contributed by atoms with van der Waals surface area (Å²) in [7, 11) is 0. The molecule has 4 rings (SSSR count). The van der Waals surface area contributed by atoms with Gasteiger partial charge >= 0.3 is 0 Å². The highest BCUT2D eigenvalue weighted by Crippen LogP contribution is 2.29. The normalized spacial score (nSPS) is 11.3. The number of hydrogen-bond acceptors (Lipinski definition) is 5. The summed E-state index contributed by atoms with van der Waals surface area (Å²) in [6, 6.07) is 12.8. The Bertz CT molecular complexity index is 1310. The van der Waals surface area contributed by atoms with Crippen molar-refractivity contribution in [2.75, 3.05) is 0 Å². The zero-order valence-corrected chi connectivity index (χ0v) is 16.2. The molecule has 1 aromatic carbocycles. The zero-order chi connectivity index (χ0) is 20.5. The third-order valence-electron chi connectivity index (χ3n) is 4.82. The maximum Gasteiger partial charge on any atom is 0.250 e. The van der Waals surface area contributed by atoms with E-state index in [4.69, 9.17) is 10.7 Å². The van der Waals surface area contributed by atoms with Crippen molar-refractivity contribution in [3.05, 3.63) is 81.0 Å². The predicted octanol–water partition coefficient (Wildman–Crippen LogP) is 2.85. The minimum Gasteiger partial charge on any atom is -0.344 e. The zero-order valence-electron chi connectivity index (χ0n) is 16.2. The molecule has 146 valence electrons. The lowest BCUT2D eigenvalue weighted by Gasteiger charge is -2.14. The molecule has 0 aliphatic heterocycles. The van der Waals surface area contributed by atoms with E-state index in [1.807, 2.05) is 44.2 Å². The van der Waals surface area contributed by atoms with E-state index in [9.17, 15) is 9.59 Å². The molecule has 0 aliphatic rings. The van der Waals surface area contributed by atoms with E-state index in [0.717, 1.165) is 5.56 Å². The van der Waals surface area contributed by atoms with Crippen LogP contribution in [0.5, 0.6) is 0 Å². The van der Waals surface area contributed by atoms with Crippen LogP contribution in [0, 0.1) is 0 Å². The van der Waals surface area contributed by atoms with Gasteiger partial charge in [-0.25, -0.2) is 9.97 Å². The van der Waals surface area contributed by atoms with Gasteiger partial charge in [0.05, 0.1) is 11.4 Å². The monoisotopic (exact) mass is 387 g/mol. The van der Waals surface area contributed by atoms with Crippen molar-refractivity contribution in [1.29, 1.82) is 0 Å². The van der Waals surface area contributed by atoms with Crippen LogP contribution in [0.2, 0.25) is 0 Å². The first-order chi connectivity index (χ1) is 14.0. The Morgan fingerprint density at radius 3 is 2.41 bits per heavy atom. The van der Waals surface area contributed by atoms with Crippen molar-refractivity contribution in [2.45, 2.75) is 26.4 Å². The van der Waals surface area contributed by atoms with Gasteiger partial charge in [-0.2, -0.15) is 0 Å². The van der Waals surface area contributed by atoms with E-state index in [-0.39, 0.29) is 29.1 Å². The third-order valence-corrected chi connectivity index (χ3v) is 4.82. The van der Waals surface area contributed by atoms with Crippen molar-refractivity contribution in [3.63, 3.8) is 0 Å². The second-order valence-electron chi connectivity index (χ2n) is 7.09. The Balaban J connectivity index is 2.07. The number of benzene rings is 1. The molecular weight excluding hydrogens is 366 g/mol. The van der Waals surface area contributed by atoms with Crippen LogP contribution in [0.25, 0.3) is 33.7 Å². The van der Waals surface area contributed by atoms with Gasteiger partial charge in [0.2, 0.25) is 5.43 Å². The lowest BCUT2D eigenvalue weighted by Crippen LogP contribution is -2.20. The van der Waals surface area contributed by atoms with E-state index >= 15 is 0 Å². The Hall–Kier alpha value is -3.58. The van der Waals surface area contributed by atoms with Crippen LogP contribution >= 0.6 is 0 Å². The average Bonchev–Trinajstić information content (AvgIpc) is 2.74. The van der Waals surface area contributed by atoms with E-state index in [1.54, 1.807) is 23.0 Å². The van der Waals surface area contributed by atoms with E-state index < -0.39 is 0 Å². The smallest absolute Gasteiger partial charge is 0.250 e. The minimum atomic E-state index is -0.244. The topological polar surface area (TPSA) is 107 Å². The van der Waals surface area contributed by atoms with Gasteiger partial charge < -0.3 is 15.3 Å². The molecule has 7 heteroatoms. The summed E-state index contributed by atoms with van der Waals surface area (Å²) in [6.07, 6.45) is 3.34. The van der Waals surface area contributed by atoms with Crippen molar-refractivity contribution in [2.24, 2.45) is 5.73 Å². The highest BCUT2D eigenvalue weighted by Gasteiger charge is 2.17. The molecule has 7 nitrogen and oxygen atoms in total. The Labute approximate surface area is 166 Å². The molecule has 0 aliphatic carbocycles. The fourth-order valence-electron chi connectivity index (χ4n) is 3.26. The van der Waals surface area contributed by atoms with Crippen molar-refractivity contribution in [3.8, 4) is 22.5 Å². The van der Waals surface area contributed by atoms with Gasteiger partial charge in [0.1, 0.15) is 0 Å². The van der Waals surface area contributed by atoms with Gasteiger partial charge in [0.25, 0.3) is 5.56 Å². The molecule has 0 unspecified atom stereocenters. The number of H-pyrrole nitrogens is 1. The number of aromatic amines is 1. The summed E-state index contributed by atoms with van der Waals surface area (Å²) in [5, 5.41) is 0. The summed E-state index contributed by atoms with van der Waals surface area (Å²) in [4.78, 5) is 37.4. The Morgan fingerprint density at radius 1 is 1.00 bits per heavy atom. The molecule has 29 heavy (non-hydrogen) atoms. The van der Waals surface area contributed by atoms with Crippen molar-refractivity contribution >= 4 is 11.2 Å². The summed E-state index contributed by atoms with van der Waals surface area (Å²) >= 11 is 0. The molecule has 0 fully saturated rings. The quantitative estimate of drug-likeness (QED) is 0.560. The van der Waals surface area contributed by atoms with E-state index in [1.165, 1.54) is 6.07 Å². The van der Waals surface area contributed by atoms with Crippen molar-refractivity contribution < 1.29 is 0 Å². The van der Waals surface area contributed by atoms with Gasteiger partial charge in [-0.3, -0.25) is 9.59 Å². The highest BCUT2D eigenvalue weighted by molar-refractivity contribution is 5.84. The third kappa shape index (κ3) is 3.36. The molecule has 0 radical (unpaired) electrons. The molecule has 0 bridgehead atoms. The maximum atomic E-state index is 12.8. The second-order valence-corrected chi connectivity index (χ2v) is 7.09. The average molecular weight is 387 g/mol. The lowest BCUT2D eigenvalue weighted by molar-refractivity contribution is 0.579. The Morgan fingerprint density at radius 2 is 1.72 bits per heavy atom. The molecule has 3 N–H and O–H groups in total. The summed E-state index contributed by atoms with van der Waals surface area (Å²) in [5.74, 6) is 0. The SMILES string of the molecule is CC(C)n1cc(-c2nc3c(=O)c(CN)c[nH]c3nc2-c2ccccc2)ccc1=O. The van der Waals surface area contributed by atoms with Crippen LogP contribution in [-0.4, -0.2) is 19.5 Å². The molecule has 4 aromatic rings. The van der Waals surface area contributed by atoms with Gasteiger partial charge in [0, 0.05) is 47.7 Å². The fourth-order valence-corrected chi connectivity index (χ4v) is 3.26. The van der Waals surface area contributed by atoms with Gasteiger partial charge in [-0.05, 0) is 19.9 Å². The molecular formula is C22H21N5O2. The number of aromatic nitrogens is 4. The van der Waals surface area contributed by atoms with Crippen molar-refractivity contribution in [1.82, 2.24) is 19.5 Å². The minimum absolute atomic E-state index is 0.0108. The largest absolute Gasteiger partial charge is 0.344 e. The summed E-state index contributed by atoms with van der Waals surface area (Å²) < 4.78 is 1.64. The van der Waals surface area contributed by atoms with Gasteiger partial charge in [-0.1, -0.05) is 30.3 Å². The van der Waals surface area contributed by atoms with Crippen LogP contribution in [0.15, 0.2) is 64.4 Å². The van der Waals surface area contributed by atoms with Crippen LogP contribution in [-0.2, 0) is 6.54 Å². The summed E-state index contributed by atoms with van der Waals surface area (Å²) in [5.41, 5.74) is 9.14. The van der Waals surface area contributed by atoms with Crippen LogP contribution in [0.3, 0.4) is 0 Å². The van der Waals surface area contributed by atoms with Crippen LogP contribution < -0.4 is 16.7 Å². The molecule has 0 spiro atoms. The molecule has 3 aromatic heterocycles. The summed E-state index contributed by atoms with van der Waals surface area (Å²) in [6.45, 7) is 3.99. The number of nitrogens with one attached hydrogen (secondary N) is 1. The van der Waals surface area contributed by atoms with Crippen LogP contribution in [0.1, 0.15) is 25.5 Å². The Kier molecular flexibility index (Phi) is 4.82. The van der Waals surface area contributed by atoms with E-state index in [2.05, 4.69) is 9.97 Å². The molecule has 0 amide bonds. The highest BCUT2D eigenvalue weighted by atomic mass is 16.1. The second kappa shape index (κ2) is 7.44. The molecule has 0 saturated carbocycles. The number of fused-ring (bicyclic) bond motifs is 1. The first-order valence-corrected chi connectivity index (χ1v) is 9.40. The van der Waals surface area contributed by atoms with E-state index in [0.29, 0.717) is 28.2 Å². The fraction of sp³-hybridized carbons (Fsp3) is 0.182. The molecule has 3 heterocycles. The standard InChI is InChI=1S/C22H21N5O2/c1-13(2)27-12-15(8-9-17(27)28)19-18(14-6-4-3-5-7-14)26-22-20(25-19)21(29)16(10-23)11-24-22/h3-9,11-13H,10,23H2,1-2H3,(H,24,26,29). The number of rotatable bonds is 4. The first-order valence-electron chi connectivity index (χ1n) is 9.40. The van der Waals surface area contributed by atoms with Gasteiger partial charge in [-0.15, -0.1) is 0 Å². The molecule has 0 saturated heterocycles. The predicted molar refractivity (Wildman–Crippen MR) is 114 cm³/mol. The van der Waals surface area contributed by atoms with Gasteiger partial charge in [0.15, 0.2) is 11.2 Å². The number of pyridine rings is 2. The first kappa shape index (κ1) is 18.8. The lowest BCUT2D eigenvalue weighted by atomic mass is 10.0. The molecule has 0 atom stereocenters. The maximum absolute atomic E-state index is 12.8. The number of hydrogen-bond donors (Lipinski definition) is 2. The number of nitrogens with two attached hydrogens (primary N) is 1. The van der Waals surface area contributed by atoms with Crippen LogP contribution in [0.4, 0.5) is 0 Å².